The van der Waals surface area contributed by atoms with Crippen molar-refractivity contribution in [2.75, 3.05) is 26.3 Å². The van der Waals surface area contributed by atoms with Gasteiger partial charge in [-0.2, -0.15) is 0 Å². The van der Waals surface area contributed by atoms with Crippen LogP contribution in [0.3, 0.4) is 0 Å². The Labute approximate surface area is 128 Å². The van der Waals surface area contributed by atoms with Crippen LogP contribution < -0.4 is 10.1 Å². The van der Waals surface area contributed by atoms with Crippen molar-refractivity contribution in [1.29, 1.82) is 0 Å². The van der Waals surface area contributed by atoms with Gasteiger partial charge in [-0.25, -0.2) is 0 Å². The van der Waals surface area contributed by atoms with E-state index in [1.807, 2.05) is 39.0 Å². The van der Waals surface area contributed by atoms with Crippen LogP contribution in [0.2, 0.25) is 0 Å². The van der Waals surface area contributed by atoms with Gasteiger partial charge in [0.2, 0.25) is 0 Å². The summed E-state index contributed by atoms with van der Waals surface area (Å²) in [6, 6.07) is 7.97. The number of ether oxygens (including phenoxy) is 2. The number of nitrogens with one attached hydrogen (secondary N) is 1. The van der Waals surface area contributed by atoms with Gasteiger partial charge in [0.25, 0.3) is 0 Å². The minimum atomic E-state index is -0.535. The number of aryl methyl sites for hydroxylation is 1. The van der Waals surface area contributed by atoms with Crippen molar-refractivity contribution in [3.8, 4) is 5.75 Å². The van der Waals surface area contributed by atoms with Gasteiger partial charge in [-0.05, 0) is 44.9 Å². The Hall–Kier alpha value is -1.10. The fourth-order valence-electron chi connectivity index (χ4n) is 2.09. The second-order valence-electron chi connectivity index (χ2n) is 5.79. The minimum Gasteiger partial charge on any atom is -0.491 e. The Morgan fingerprint density at radius 2 is 2.05 bits per heavy atom. The van der Waals surface area contributed by atoms with Crippen LogP contribution in [0, 0.1) is 0 Å². The van der Waals surface area contributed by atoms with Gasteiger partial charge in [0.1, 0.15) is 18.5 Å². The van der Waals surface area contributed by atoms with Gasteiger partial charge in [0, 0.05) is 19.7 Å². The topological polar surface area (TPSA) is 50.7 Å². The molecule has 1 aromatic carbocycles. The predicted octanol–water partition coefficient (Wildman–Crippen LogP) is 2.39. The van der Waals surface area contributed by atoms with Gasteiger partial charge < -0.3 is 19.9 Å². The van der Waals surface area contributed by atoms with E-state index in [-0.39, 0.29) is 12.2 Å². The third-order valence-corrected chi connectivity index (χ3v) is 3.21. The quantitative estimate of drug-likeness (QED) is 0.696. The smallest absolute Gasteiger partial charge is 0.119 e. The molecule has 0 radical (unpaired) electrons. The molecule has 0 bridgehead atoms. The van der Waals surface area contributed by atoms with E-state index in [1.165, 1.54) is 5.56 Å². The predicted molar refractivity (Wildman–Crippen MR) is 85.9 cm³/mol. The Morgan fingerprint density at radius 1 is 1.29 bits per heavy atom. The SMILES string of the molecule is CCOC(C)(C)CNCC(O)COc1cccc(CC)c1. The lowest BCUT2D eigenvalue weighted by atomic mass is 10.1. The molecule has 0 amide bonds. The first-order chi connectivity index (χ1) is 9.96. The van der Waals surface area contributed by atoms with E-state index in [2.05, 4.69) is 18.3 Å². The molecule has 0 aromatic heterocycles. The molecule has 0 spiro atoms. The molecule has 4 nitrogen and oxygen atoms in total. The Bertz CT molecular complexity index is 407. The number of aliphatic hydroxyl groups is 1. The molecule has 1 atom stereocenters. The highest BCUT2D eigenvalue weighted by atomic mass is 16.5. The summed E-state index contributed by atoms with van der Waals surface area (Å²) in [5.74, 6) is 0.808. The number of hydrogen-bond acceptors (Lipinski definition) is 4. The summed E-state index contributed by atoms with van der Waals surface area (Å²) in [6.07, 6.45) is 0.445. The molecule has 2 N–H and O–H groups in total. The van der Waals surface area contributed by atoms with Crippen molar-refractivity contribution in [1.82, 2.24) is 5.32 Å². The first kappa shape index (κ1) is 18.0. The average molecular weight is 295 g/mol. The molecule has 0 saturated heterocycles. The van der Waals surface area contributed by atoms with Gasteiger partial charge >= 0.3 is 0 Å². The molecule has 0 fully saturated rings. The van der Waals surface area contributed by atoms with Crippen LogP contribution in [0.4, 0.5) is 0 Å². The van der Waals surface area contributed by atoms with Crippen LogP contribution in [-0.4, -0.2) is 43.1 Å². The number of hydrogen-bond donors (Lipinski definition) is 2. The fourth-order valence-corrected chi connectivity index (χ4v) is 2.09. The van der Waals surface area contributed by atoms with Gasteiger partial charge in [-0.1, -0.05) is 19.1 Å². The molecule has 0 aliphatic carbocycles. The van der Waals surface area contributed by atoms with Gasteiger partial charge in [0.05, 0.1) is 5.60 Å². The average Bonchev–Trinajstić information content (AvgIpc) is 2.45. The summed E-state index contributed by atoms with van der Waals surface area (Å²) in [6.45, 7) is 10.3. The molecule has 1 aromatic rings. The molecule has 21 heavy (non-hydrogen) atoms. The van der Waals surface area contributed by atoms with E-state index in [0.717, 1.165) is 12.2 Å². The zero-order valence-electron chi connectivity index (χ0n) is 13.7. The fraction of sp³-hybridized carbons (Fsp3) is 0.647. The Kier molecular flexibility index (Phi) is 7.72. The lowest BCUT2D eigenvalue weighted by molar-refractivity contribution is -0.0112. The summed E-state index contributed by atoms with van der Waals surface area (Å²) < 4.78 is 11.2. The summed E-state index contributed by atoms with van der Waals surface area (Å²) in [5, 5.41) is 13.1. The largest absolute Gasteiger partial charge is 0.491 e. The number of rotatable bonds is 10. The van der Waals surface area contributed by atoms with Crippen molar-refractivity contribution in [3.05, 3.63) is 29.8 Å². The normalized spacial score (nSPS) is 13.2. The maximum absolute atomic E-state index is 9.94. The molecule has 1 rings (SSSR count). The first-order valence-electron chi connectivity index (χ1n) is 7.71. The van der Waals surface area contributed by atoms with Gasteiger partial charge in [-0.15, -0.1) is 0 Å². The Balaban J connectivity index is 2.26. The van der Waals surface area contributed by atoms with Crippen molar-refractivity contribution in [3.63, 3.8) is 0 Å². The molecule has 120 valence electrons. The van der Waals surface area contributed by atoms with Crippen molar-refractivity contribution < 1.29 is 14.6 Å². The zero-order valence-corrected chi connectivity index (χ0v) is 13.7. The standard InChI is InChI=1S/C17H29NO3/c1-5-14-8-7-9-16(10-14)20-12-15(19)11-18-13-17(3,4)21-6-2/h7-10,15,18-19H,5-6,11-13H2,1-4H3. The molecule has 1 unspecified atom stereocenters. The van der Waals surface area contributed by atoms with E-state index >= 15 is 0 Å². The highest BCUT2D eigenvalue weighted by Gasteiger charge is 2.17. The lowest BCUT2D eigenvalue weighted by Gasteiger charge is -2.25. The van der Waals surface area contributed by atoms with Crippen LogP contribution in [0.5, 0.6) is 5.75 Å². The highest BCUT2D eigenvalue weighted by molar-refractivity contribution is 5.28. The molecule has 4 heteroatoms. The summed E-state index contributed by atoms with van der Waals surface area (Å²) >= 11 is 0. The summed E-state index contributed by atoms with van der Waals surface area (Å²) in [7, 11) is 0. The van der Waals surface area contributed by atoms with E-state index in [4.69, 9.17) is 9.47 Å². The summed E-state index contributed by atoms with van der Waals surface area (Å²) in [5.41, 5.74) is 1.02. The van der Waals surface area contributed by atoms with Crippen LogP contribution >= 0.6 is 0 Å². The van der Waals surface area contributed by atoms with Gasteiger partial charge in [0.15, 0.2) is 0 Å². The highest BCUT2D eigenvalue weighted by Crippen LogP contribution is 2.13. The van der Waals surface area contributed by atoms with E-state index in [0.29, 0.717) is 19.7 Å². The molecule has 0 saturated carbocycles. The molecule has 0 aliphatic rings. The number of benzene rings is 1. The first-order valence-corrected chi connectivity index (χ1v) is 7.71. The zero-order chi connectivity index (χ0) is 15.7. The maximum atomic E-state index is 9.94. The maximum Gasteiger partial charge on any atom is 0.119 e. The van der Waals surface area contributed by atoms with E-state index in [9.17, 15) is 5.11 Å². The third kappa shape index (κ3) is 7.46. The third-order valence-electron chi connectivity index (χ3n) is 3.21. The van der Waals surface area contributed by atoms with Crippen molar-refractivity contribution in [2.24, 2.45) is 0 Å². The second-order valence-corrected chi connectivity index (χ2v) is 5.79. The van der Waals surface area contributed by atoms with E-state index < -0.39 is 6.10 Å². The van der Waals surface area contributed by atoms with E-state index in [1.54, 1.807) is 0 Å². The monoisotopic (exact) mass is 295 g/mol. The molecular formula is C17H29NO3. The minimum absolute atomic E-state index is 0.217. The molecule has 0 aliphatic heterocycles. The van der Waals surface area contributed by atoms with Crippen LogP contribution in [0.15, 0.2) is 24.3 Å². The lowest BCUT2D eigenvalue weighted by Crippen LogP contribution is -2.41. The van der Waals surface area contributed by atoms with Crippen LogP contribution in [0.1, 0.15) is 33.3 Å². The van der Waals surface area contributed by atoms with Crippen molar-refractivity contribution in [2.45, 2.75) is 45.8 Å². The van der Waals surface area contributed by atoms with Crippen molar-refractivity contribution >= 4 is 0 Å². The van der Waals surface area contributed by atoms with Crippen LogP contribution in [0.25, 0.3) is 0 Å². The Morgan fingerprint density at radius 3 is 2.71 bits per heavy atom. The molecular weight excluding hydrogens is 266 g/mol. The summed E-state index contributed by atoms with van der Waals surface area (Å²) in [4.78, 5) is 0. The number of aliphatic hydroxyl groups excluding tert-OH is 1. The molecule has 0 heterocycles. The second kappa shape index (κ2) is 9.03. The van der Waals surface area contributed by atoms with Gasteiger partial charge in [-0.3, -0.25) is 0 Å². The van der Waals surface area contributed by atoms with Crippen LogP contribution in [-0.2, 0) is 11.2 Å².